The highest BCUT2D eigenvalue weighted by Crippen LogP contribution is 2.35. The van der Waals surface area contributed by atoms with E-state index in [1.807, 2.05) is 12.1 Å². The summed E-state index contributed by atoms with van der Waals surface area (Å²) in [5.74, 6) is 0. The van der Waals surface area contributed by atoms with Gasteiger partial charge in [-0.3, -0.25) is 0 Å². The van der Waals surface area contributed by atoms with Crippen LogP contribution >= 0.6 is 22.3 Å². The summed E-state index contributed by atoms with van der Waals surface area (Å²) in [7, 11) is 1.40. The summed E-state index contributed by atoms with van der Waals surface area (Å²) in [5.41, 5.74) is 0.841. The van der Waals surface area contributed by atoms with Crippen LogP contribution in [0.3, 0.4) is 0 Å². The average molecular weight is 264 g/mol. The molecule has 1 atom stereocenters. The maximum atomic E-state index is 11.2. The first kappa shape index (κ1) is 10.8. The molecule has 1 aliphatic heterocycles. The third kappa shape index (κ3) is 1.97. The van der Waals surface area contributed by atoms with E-state index in [-0.39, 0.29) is 0 Å². The molecule has 80 valence electrons. The lowest BCUT2D eigenvalue weighted by Gasteiger charge is -2.27. The molecular formula is C9H7Cl2NO2S. The Hall–Kier alpha value is -0.710. The van der Waals surface area contributed by atoms with Crippen molar-refractivity contribution in [2.24, 2.45) is 0 Å². The quantitative estimate of drug-likeness (QED) is 0.444. The molecule has 0 aliphatic carbocycles. The highest BCUT2D eigenvalue weighted by molar-refractivity contribution is 8.12. The second kappa shape index (κ2) is 3.70. The minimum absolute atomic E-state index is 0.728. The SMILES string of the molecule is O=S(=O)(Cl)N1C=Cc2ccccc2C1Cl. The first-order valence-corrected chi connectivity index (χ1v) is 6.85. The molecule has 0 radical (unpaired) electrons. The molecule has 1 aromatic carbocycles. The Labute approximate surface area is 97.5 Å². The van der Waals surface area contributed by atoms with E-state index >= 15 is 0 Å². The van der Waals surface area contributed by atoms with Crippen LogP contribution in [-0.2, 0) is 9.24 Å². The highest BCUT2D eigenvalue weighted by atomic mass is 35.7. The minimum Gasteiger partial charge on any atom is -0.243 e. The minimum atomic E-state index is -3.83. The van der Waals surface area contributed by atoms with E-state index in [0.29, 0.717) is 0 Å². The third-order valence-electron chi connectivity index (χ3n) is 2.13. The number of alkyl halides is 1. The zero-order valence-corrected chi connectivity index (χ0v) is 9.80. The molecule has 0 saturated heterocycles. The molecule has 3 nitrogen and oxygen atoms in total. The molecule has 1 aromatic rings. The van der Waals surface area contributed by atoms with Crippen molar-refractivity contribution >= 4 is 37.6 Å². The Morgan fingerprint density at radius 2 is 1.93 bits per heavy atom. The van der Waals surface area contributed by atoms with E-state index in [2.05, 4.69) is 0 Å². The fourth-order valence-electron chi connectivity index (χ4n) is 1.43. The van der Waals surface area contributed by atoms with Crippen LogP contribution in [0.1, 0.15) is 16.6 Å². The van der Waals surface area contributed by atoms with Crippen molar-refractivity contribution < 1.29 is 8.42 Å². The van der Waals surface area contributed by atoms with Crippen LogP contribution in [0, 0.1) is 0 Å². The standard InChI is InChI=1S/C9H7Cl2NO2S/c10-9-8-4-2-1-3-7(8)5-6-12(9)15(11,13)14/h1-6,9H. The van der Waals surface area contributed by atoms with E-state index in [4.69, 9.17) is 22.3 Å². The molecule has 1 unspecified atom stereocenters. The van der Waals surface area contributed by atoms with Gasteiger partial charge in [0.1, 0.15) is 5.50 Å². The number of nitrogens with zero attached hydrogens (tertiary/aromatic N) is 1. The second-order valence-electron chi connectivity index (χ2n) is 3.05. The summed E-state index contributed by atoms with van der Waals surface area (Å²) < 4.78 is 23.2. The van der Waals surface area contributed by atoms with Gasteiger partial charge in [0.25, 0.3) is 0 Å². The molecule has 0 bridgehead atoms. The number of rotatable bonds is 1. The van der Waals surface area contributed by atoms with Crippen molar-refractivity contribution in [1.29, 1.82) is 0 Å². The smallest absolute Gasteiger partial charge is 0.243 e. The van der Waals surface area contributed by atoms with Crippen molar-refractivity contribution in [3.05, 3.63) is 41.6 Å². The van der Waals surface area contributed by atoms with Gasteiger partial charge in [-0.1, -0.05) is 35.9 Å². The molecule has 0 spiro atoms. The Kier molecular flexibility index (Phi) is 2.66. The van der Waals surface area contributed by atoms with Gasteiger partial charge in [-0.05, 0) is 17.2 Å². The van der Waals surface area contributed by atoms with Crippen molar-refractivity contribution in [3.63, 3.8) is 0 Å². The number of hydrogen-bond donors (Lipinski definition) is 0. The van der Waals surface area contributed by atoms with Crippen LogP contribution in [0.5, 0.6) is 0 Å². The van der Waals surface area contributed by atoms with E-state index in [1.54, 1.807) is 18.2 Å². The van der Waals surface area contributed by atoms with E-state index in [0.717, 1.165) is 15.4 Å². The van der Waals surface area contributed by atoms with Crippen LogP contribution < -0.4 is 0 Å². The lowest BCUT2D eigenvalue weighted by Crippen LogP contribution is -2.25. The van der Waals surface area contributed by atoms with Gasteiger partial charge in [0, 0.05) is 16.9 Å². The molecule has 0 fully saturated rings. The Morgan fingerprint density at radius 3 is 2.60 bits per heavy atom. The fraction of sp³-hybridized carbons (Fsp3) is 0.111. The second-order valence-corrected chi connectivity index (χ2v) is 5.88. The zero-order valence-electron chi connectivity index (χ0n) is 7.47. The van der Waals surface area contributed by atoms with Gasteiger partial charge < -0.3 is 0 Å². The van der Waals surface area contributed by atoms with Gasteiger partial charge in [0.15, 0.2) is 0 Å². The van der Waals surface area contributed by atoms with Crippen LogP contribution in [0.2, 0.25) is 0 Å². The van der Waals surface area contributed by atoms with Crippen LogP contribution in [0.4, 0.5) is 0 Å². The predicted octanol–water partition coefficient (Wildman–Crippen LogP) is 2.69. The van der Waals surface area contributed by atoms with Crippen LogP contribution in [-0.4, -0.2) is 12.7 Å². The largest absolute Gasteiger partial charge is 0.322 e. The first-order valence-electron chi connectivity index (χ1n) is 4.14. The Balaban J connectivity index is 2.51. The molecule has 1 heterocycles. The highest BCUT2D eigenvalue weighted by Gasteiger charge is 2.28. The number of benzene rings is 1. The normalized spacial score (nSPS) is 20.1. The third-order valence-corrected chi connectivity index (χ3v) is 4.00. The van der Waals surface area contributed by atoms with Crippen molar-refractivity contribution in [1.82, 2.24) is 4.31 Å². The molecule has 0 aromatic heterocycles. The summed E-state index contributed by atoms with van der Waals surface area (Å²) in [6.07, 6.45) is 3.02. The van der Waals surface area contributed by atoms with Gasteiger partial charge in [-0.15, -0.1) is 0 Å². The predicted molar refractivity (Wildman–Crippen MR) is 60.7 cm³/mol. The maximum Gasteiger partial charge on any atom is 0.322 e. The van der Waals surface area contributed by atoms with E-state index in [9.17, 15) is 8.42 Å². The topological polar surface area (TPSA) is 37.4 Å². The van der Waals surface area contributed by atoms with Gasteiger partial charge >= 0.3 is 9.24 Å². The van der Waals surface area contributed by atoms with Gasteiger partial charge in [0.05, 0.1) is 0 Å². The lowest BCUT2D eigenvalue weighted by molar-refractivity contribution is 0.496. The molecular weight excluding hydrogens is 257 g/mol. The van der Waals surface area contributed by atoms with Crippen LogP contribution in [0.25, 0.3) is 6.08 Å². The van der Waals surface area contributed by atoms with Crippen molar-refractivity contribution in [3.8, 4) is 0 Å². The van der Waals surface area contributed by atoms with Crippen molar-refractivity contribution in [2.75, 3.05) is 0 Å². The van der Waals surface area contributed by atoms with E-state index in [1.165, 1.54) is 6.20 Å². The molecule has 0 amide bonds. The summed E-state index contributed by atoms with van der Waals surface area (Å²) in [6, 6.07) is 7.29. The van der Waals surface area contributed by atoms with Gasteiger partial charge in [0.2, 0.25) is 0 Å². The Morgan fingerprint density at radius 1 is 1.27 bits per heavy atom. The maximum absolute atomic E-state index is 11.2. The van der Waals surface area contributed by atoms with Gasteiger partial charge in [-0.25, -0.2) is 4.31 Å². The Bertz CT molecular complexity index is 513. The monoisotopic (exact) mass is 263 g/mol. The summed E-state index contributed by atoms with van der Waals surface area (Å²) in [6.45, 7) is 0. The summed E-state index contributed by atoms with van der Waals surface area (Å²) in [4.78, 5) is 0. The number of hydrogen-bond acceptors (Lipinski definition) is 2. The molecule has 0 saturated carbocycles. The molecule has 2 rings (SSSR count). The number of fused-ring (bicyclic) bond motifs is 1. The van der Waals surface area contributed by atoms with E-state index < -0.39 is 14.7 Å². The van der Waals surface area contributed by atoms with Crippen molar-refractivity contribution in [2.45, 2.75) is 5.50 Å². The fourth-order valence-corrected chi connectivity index (χ4v) is 3.05. The first-order chi connectivity index (χ1) is 7.00. The molecule has 6 heteroatoms. The average Bonchev–Trinajstić information content (AvgIpc) is 2.16. The summed E-state index contributed by atoms with van der Waals surface area (Å²) >= 11 is 6.01. The zero-order chi connectivity index (χ0) is 11.1. The number of halogens is 2. The molecule has 0 N–H and O–H groups in total. The summed E-state index contributed by atoms with van der Waals surface area (Å²) in [5, 5.41) is 0. The lowest BCUT2D eigenvalue weighted by atomic mass is 10.1. The molecule has 1 aliphatic rings. The van der Waals surface area contributed by atoms with Crippen LogP contribution in [0.15, 0.2) is 30.5 Å². The molecule has 15 heavy (non-hydrogen) atoms. The van der Waals surface area contributed by atoms with Gasteiger partial charge in [-0.2, -0.15) is 8.42 Å².